The number of ether oxygens (including phenoxy) is 2. The van der Waals surface area contributed by atoms with Crippen LogP contribution in [0.25, 0.3) is 0 Å². The van der Waals surface area contributed by atoms with E-state index in [4.69, 9.17) is 20.9 Å². The average Bonchev–Trinajstić information content (AvgIpc) is 2.99. The summed E-state index contributed by atoms with van der Waals surface area (Å²) in [5.74, 6) is 1.06. The highest BCUT2D eigenvalue weighted by Gasteiger charge is 2.25. The zero-order valence-electron chi connectivity index (χ0n) is 15.4. The fourth-order valence-corrected chi connectivity index (χ4v) is 3.23. The Hall–Kier alpha value is -2.22. The molecule has 1 saturated heterocycles. The van der Waals surface area contributed by atoms with Crippen LogP contribution in [0.2, 0.25) is 0 Å². The van der Waals surface area contributed by atoms with Crippen molar-refractivity contribution >= 4 is 11.6 Å². The molecule has 3 heterocycles. The van der Waals surface area contributed by atoms with Crippen LogP contribution in [0.4, 0.5) is 11.6 Å². The quantitative estimate of drug-likeness (QED) is 0.692. The normalized spacial score (nSPS) is 19.8. The molecule has 2 atom stereocenters. The first-order chi connectivity index (χ1) is 12.5. The first-order valence-corrected chi connectivity index (χ1v) is 8.87. The fourth-order valence-electron chi connectivity index (χ4n) is 3.23. The lowest BCUT2D eigenvalue weighted by Crippen LogP contribution is -2.26. The maximum atomic E-state index is 5.96. The third kappa shape index (κ3) is 5.39. The smallest absolute Gasteiger partial charge is 0.123 e. The Morgan fingerprint density at radius 1 is 1.00 bits per heavy atom. The number of nitrogens with one attached hydrogen (secondary N) is 1. The predicted octanol–water partition coefficient (Wildman–Crippen LogP) is 1.72. The summed E-state index contributed by atoms with van der Waals surface area (Å²) in [5, 5.41) is 3.43. The van der Waals surface area contributed by atoms with Gasteiger partial charge >= 0.3 is 0 Å². The van der Waals surface area contributed by atoms with E-state index in [1.54, 1.807) is 0 Å². The number of pyridine rings is 2. The van der Waals surface area contributed by atoms with E-state index >= 15 is 0 Å². The predicted molar refractivity (Wildman–Crippen MR) is 101 cm³/mol. The highest BCUT2D eigenvalue weighted by Crippen LogP contribution is 2.15. The molecule has 0 aliphatic carbocycles. The van der Waals surface area contributed by atoms with Gasteiger partial charge in [0.05, 0.1) is 37.3 Å². The first kappa shape index (κ1) is 18.6. The zero-order chi connectivity index (χ0) is 18.5. The second kappa shape index (κ2) is 8.44. The first-order valence-electron chi connectivity index (χ1n) is 8.87. The second-order valence-electron chi connectivity index (χ2n) is 6.91. The van der Waals surface area contributed by atoms with E-state index in [-0.39, 0.29) is 12.1 Å². The topological polar surface area (TPSA) is 108 Å². The number of aromatic nitrogens is 2. The Morgan fingerprint density at radius 2 is 1.62 bits per heavy atom. The van der Waals surface area contributed by atoms with Crippen LogP contribution < -0.4 is 16.8 Å². The van der Waals surface area contributed by atoms with Gasteiger partial charge < -0.3 is 26.3 Å². The zero-order valence-corrected chi connectivity index (χ0v) is 15.4. The van der Waals surface area contributed by atoms with Gasteiger partial charge in [-0.25, -0.2) is 9.97 Å². The van der Waals surface area contributed by atoms with Crippen molar-refractivity contribution in [2.24, 2.45) is 0 Å². The largest absolute Gasteiger partial charge is 0.384 e. The molecule has 5 N–H and O–H groups in total. The molecule has 0 amide bonds. The van der Waals surface area contributed by atoms with Crippen molar-refractivity contribution in [3.8, 4) is 0 Å². The molecule has 3 rings (SSSR count). The summed E-state index contributed by atoms with van der Waals surface area (Å²) in [6, 6.07) is 7.97. The number of aryl methyl sites for hydroxylation is 2. The van der Waals surface area contributed by atoms with Crippen molar-refractivity contribution in [1.29, 1.82) is 0 Å². The van der Waals surface area contributed by atoms with Gasteiger partial charge in [-0.05, 0) is 55.7 Å². The van der Waals surface area contributed by atoms with E-state index in [0.717, 1.165) is 35.5 Å². The fraction of sp³-hybridized carbons (Fsp3) is 0.474. The van der Waals surface area contributed by atoms with Crippen LogP contribution >= 0.6 is 0 Å². The summed E-state index contributed by atoms with van der Waals surface area (Å²) in [5.41, 5.74) is 15.5. The number of nitrogen functional groups attached to an aromatic ring is 2. The van der Waals surface area contributed by atoms with Gasteiger partial charge in [0.15, 0.2) is 0 Å². The van der Waals surface area contributed by atoms with Crippen molar-refractivity contribution in [3.05, 3.63) is 46.8 Å². The summed E-state index contributed by atoms with van der Waals surface area (Å²) in [6.45, 7) is 6.36. The van der Waals surface area contributed by atoms with Crippen molar-refractivity contribution in [3.63, 3.8) is 0 Å². The molecule has 0 saturated carbocycles. The molecule has 0 bridgehead atoms. The molecule has 0 radical (unpaired) electrons. The van der Waals surface area contributed by atoms with E-state index in [2.05, 4.69) is 15.3 Å². The van der Waals surface area contributed by atoms with Crippen molar-refractivity contribution in [2.45, 2.75) is 45.6 Å². The standard InChI is InChI=1S/C19H27N5O2/c1-12-3-15(23-18(20)5-12)10-25-9-14-7-17(8-22-14)26-11-16-4-13(2)6-19(21)24-16/h3-6,14,17,22H,7-11H2,1-2H3,(H2,20,23)(H2,21,24)/t14?,17-/m1/s1. The highest BCUT2D eigenvalue weighted by atomic mass is 16.5. The van der Waals surface area contributed by atoms with Crippen LogP contribution in [0.15, 0.2) is 24.3 Å². The molecule has 140 valence electrons. The molecule has 26 heavy (non-hydrogen) atoms. The second-order valence-corrected chi connectivity index (χ2v) is 6.91. The summed E-state index contributed by atoms with van der Waals surface area (Å²) < 4.78 is 11.8. The Morgan fingerprint density at radius 3 is 2.23 bits per heavy atom. The average molecular weight is 357 g/mol. The molecule has 7 nitrogen and oxygen atoms in total. The van der Waals surface area contributed by atoms with Gasteiger partial charge in [-0.2, -0.15) is 0 Å². The maximum absolute atomic E-state index is 5.96. The van der Waals surface area contributed by atoms with E-state index in [9.17, 15) is 0 Å². The SMILES string of the molecule is Cc1cc(N)nc(COCC2C[C@@H](OCc3cc(C)cc(N)n3)CN2)c1. The van der Waals surface area contributed by atoms with Crippen molar-refractivity contribution in [2.75, 3.05) is 24.6 Å². The number of hydrogen-bond acceptors (Lipinski definition) is 7. The monoisotopic (exact) mass is 357 g/mol. The maximum Gasteiger partial charge on any atom is 0.123 e. The van der Waals surface area contributed by atoms with E-state index < -0.39 is 0 Å². The molecule has 2 aromatic heterocycles. The Labute approximate surface area is 154 Å². The molecule has 1 aliphatic rings. The van der Waals surface area contributed by atoms with E-state index in [1.165, 1.54) is 0 Å². The molecular formula is C19H27N5O2. The molecule has 1 fully saturated rings. The summed E-state index contributed by atoms with van der Waals surface area (Å²) in [4.78, 5) is 8.58. The van der Waals surface area contributed by atoms with Crippen LogP contribution in [0.3, 0.4) is 0 Å². The number of rotatable bonds is 7. The lowest BCUT2D eigenvalue weighted by molar-refractivity contribution is 0.0453. The third-order valence-electron chi connectivity index (χ3n) is 4.30. The van der Waals surface area contributed by atoms with Crippen LogP contribution in [0.1, 0.15) is 28.9 Å². The lowest BCUT2D eigenvalue weighted by Gasteiger charge is -2.13. The lowest BCUT2D eigenvalue weighted by atomic mass is 10.2. The minimum Gasteiger partial charge on any atom is -0.384 e. The highest BCUT2D eigenvalue weighted by molar-refractivity contribution is 5.34. The van der Waals surface area contributed by atoms with Crippen LogP contribution in [0, 0.1) is 13.8 Å². The summed E-state index contributed by atoms with van der Waals surface area (Å²) >= 11 is 0. The van der Waals surface area contributed by atoms with Crippen LogP contribution in [-0.4, -0.2) is 35.3 Å². The molecule has 2 aromatic rings. The molecule has 1 aliphatic heterocycles. The Kier molecular flexibility index (Phi) is 6.03. The van der Waals surface area contributed by atoms with Gasteiger partial charge in [0, 0.05) is 12.6 Å². The van der Waals surface area contributed by atoms with Gasteiger partial charge in [0.2, 0.25) is 0 Å². The molecule has 1 unspecified atom stereocenters. The molecule has 0 spiro atoms. The molecular weight excluding hydrogens is 330 g/mol. The van der Waals surface area contributed by atoms with E-state index in [0.29, 0.717) is 31.5 Å². The third-order valence-corrected chi connectivity index (χ3v) is 4.30. The van der Waals surface area contributed by atoms with Gasteiger partial charge in [0.1, 0.15) is 11.6 Å². The van der Waals surface area contributed by atoms with Crippen molar-refractivity contribution in [1.82, 2.24) is 15.3 Å². The van der Waals surface area contributed by atoms with Gasteiger partial charge in [-0.15, -0.1) is 0 Å². The number of nitrogens with two attached hydrogens (primary N) is 2. The minimum atomic E-state index is 0.153. The van der Waals surface area contributed by atoms with Crippen molar-refractivity contribution < 1.29 is 9.47 Å². The van der Waals surface area contributed by atoms with E-state index in [1.807, 2.05) is 38.1 Å². The van der Waals surface area contributed by atoms with Crippen LogP contribution in [0.5, 0.6) is 0 Å². The van der Waals surface area contributed by atoms with Crippen LogP contribution in [-0.2, 0) is 22.7 Å². The van der Waals surface area contributed by atoms with Gasteiger partial charge in [0.25, 0.3) is 0 Å². The molecule has 0 aromatic carbocycles. The number of nitrogens with zero attached hydrogens (tertiary/aromatic N) is 2. The summed E-state index contributed by atoms with van der Waals surface area (Å²) in [7, 11) is 0. The Balaban J connectivity index is 1.39. The minimum absolute atomic E-state index is 0.153. The number of hydrogen-bond donors (Lipinski definition) is 3. The molecule has 7 heteroatoms. The Bertz CT molecular complexity index is 712. The van der Waals surface area contributed by atoms with Gasteiger partial charge in [-0.3, -0.25) is 0 Å². The number of anilines is 2. The summed E-state index contributed by atoms with van der Waals surface area (Å²) in [6.07, 6.45) is 1.06. The van der Waals surface area contributed by atoms with Gasteiger partial charge in [-0.1, -0.05) is 0 Å².